The second kappa shape index (κ2) is 7.12. The normalized spacial score (nSPS) is 18.3. The van der Waals surface area contributed by atoms with E-state index in [1.807, 2.05) is 25.7 Å². The van der Waals surface area contributed by atoms with Gasteiger partial charge >= 0.3 is 0 Å². The lowest BCUT2D eigenvalue weighted by atomic mass is 10.1. The molecule has 0 spiro atoms. The first-order valence-electron chi connectivity index (χ1n) is 8.25. The first kappa shape index (κ1) is 16.6. The molecule has 0 saturated carbocycles. The van der Waals surface area contributed by atoms with Gasteiger partial charge < -0.3 is 14.1 Å². The molecular weight excluding hydrogens is 310 g/mol. The second-order valence-electron chi connectivity index (χ2n) is 6.33. The van der Waals surface area contributed by atoms with E-state index in [0.717, 1.165) is 11.3 Å². The van der Waals surface area contributed by atoms with Gasteiger partial charge in [-0.1, -0.05) is 13.8 Å². The molecule has 24 heavy (non-hydrogen) atoms. The van der Waals surface area contributed by atoms with Crippen molar-refractivity contribution in [2.75, 3.05) is 19.8 Å². The van der Waals surface area contributed by atoms with Gasteiger partial charge in [-0.2, -0.15) is 5.10 Å². The van der Waals surface area contributed by atoms with E-state index in [-0.39, 0.29) is 17.9 Å². The SMILES string of the molecule is Cc1cn[nH]c1C1COCCN1C(=O)CCc1nnc(C(C)C)o1. The summed E-state index contributed by atoms with van der Waals surface area (Å²) in [4.78, 5) is 14.5. The number of rotatable bonds is 5. The first-order valence-corrected chi connectivity index (χ1v) is 8.25. The molecule has 3 rings (SSSR count). The number of carbonyl (C=O) groups excluding carboxylic acids is 1. The number of ether oxygens (including phenoxy) is 1. The molecule has 1 unspecified atom stereocenters. The summed E-state index contributed by atoms with van der Waals surface area (Å²) in [5.74, 6) is 1.36. The van der Waals surface area contributed by atoms with Crippen molar-refractivity contribution in [3.05, 3.63) is 29.2 Å². The Hall–Kier alpha value is -2.22. The van der Waals surface area contributed by atoms with E-state index >= 15 is 0 Å². The Bertz CT molecular complexity index is 693. The van der Waals surface area contributed by atoms with Gasteiger partial charge in [-0.05, 0) is 12.5 Å². The molecule has 1 atom stereocenters. The predicted molar refractivity (Wildman–Crippen MR) is 85.3 cm³/mol. The van der Waals surface area contributed by atoms with E-state index in [2.05, 4.69) is 20.4 Å². The summed E-state index contributed by atoms with van der Waals surface area (Å²) >= 11 is 0. The minimum absolute atomic E-state index is 0.0570. The van der Waals surface area contributed by atoms with Crippen LogP contribution in [-0.4, -0.2) is 51.0 Å². The third-order valence-corrected chi connectivity index (χ3v) is 4.18. The van der Waals surface area contributed by atoms with Crippen LogP contribution in [0.1, 0.15) is 55.3 Å². The van der Waals surface area contributed by atoms with Crippen LogP contribution in [0.25, 0.3) is 0 Å². The van der Waals surface area contributed by atoms with Crippen molar-refractivity contribution < 1.29 is 13.9 Å². The van der Waals surface area contributed by atoms with Crippen molar-refractivity contribution in [3.8, 4) is 0 Å². The van der Waals surface area contributed by atoms with Gasteiger partial charge in [0.05, 0.1) is 31.1 Å². The molecule has 1 aliphatic rings. The zero-order valence-corrected chi connectivity index (χ0v) is 14.3. The van der Waals surface area contributed by atoms with Crippen molar-refractivity contribution in [1.82, 2.24) is 25.3 Å². The summed E-state index contributed by atoms with van der Waals surface area (Å²) < 4.78 is 11.1. The smallest absolute Gasteiger partial charge is 0.223 e. The molecule has 1 saturated heterocycles. The molecular formula is C16H23N5O3. The van der Waals surface area contributed by atoms with E-state index in [4.69, 9.17) is 9.15 Å². The standard InChI is InChI=1S/C16H23N5O3/c1-10(2)16-20-18-13(24-16)4-5-14(22)21-6-7-23-9-12(21)15-11(3)8-17-19-15/h8,10,12H,4-7,9H2,1-3H3,(H,17,19). The van der Waals surface area contributed by atoms with E-state index < -0.39 is 0 Å². The molecule has 0 radical (unpaired) electrons. The zero-order valence-electron chi connectivity index (χ0n) is 14.3. The van der Waals surface area contributed by atoms with Gasteiger partial charge in [0.25, 0.3) is 0 Å². The molecule has 8 heteroatoms. The number of morpholine rings is 1. The molecule has 0 aromatic carbocycles. The fourth-order valence-electron chi connectivity index (χ4n) is 2.79. The number of carbonyl (C=O) groups is 1. The average Bonchev–Trinajstić information content (AvgIpc) is 3.21. The monoisotopic (exact) mass is 333 g/mol. The van der Waals surface area contributed by atoms with E-state index in [0.29, 0.717) is 44.4 Å². The predicted octanol–water partition coefficient (Wildman–Crippen LogP) is 1.76. The number of amides is 1. The number of hydrogen-bond acceptors (Lipinski definition) is 6. The summed E-state index contributed by atoms with van der Waals surface area (Å²) in [5, 5.41) is 15.0. The minimum Gasteiger partial charge on any atom is -0.425 e. The number of hydrogen-bond donors (Lipinski definition) is 1. The summed E-state index contributed by atoms with van der Waals surface area (Å²) in [7, 11) is 0. The van der Waals surface area contributed by atoms with Gasteiger partial charge in [-0.3, -0.25) is 9.89 Å². The van der Waals surface area contributed by atoms with Crippen LogP contribution < -0.4 is 0 Å². The zero-order chi connectivity index (χ0) is 17.1. The highest BCUT2D eigenvalue weighted by Crippen LogP contribution is 2.26. The second-order valence-corrected chi connectivity index (χ2v) is 6.33. The highest BCUT2D eigenvalue weighted by Gasteiger charge is 2.30. The van der Waals surface area contributed by atoms with Gasteiger partial charge in [0.2, 0.25) is 17.7 Å². The molecule has 2 aromatic heterocycles. The third-order valence-electron chi connectivity index (χ3n) is 4.18. The Morgan fingerprint density at radius 1 is 1.46 bits per heavy atom. The molecule has 3 heterocycles. The summed E-state index contributed by atoms with van der Waals surface area (Å²) in [6, 6.07) is -0.123. The van der Waals surface area contributed by atoms with Crippen molar-refractivity contribution in [3.63, 3.8) is 0 Å². The van der Waals surface area contributed by atoms with Crippen molar-refractivity contribution in [1.29, 1.82) is 0 Å². The van der Waals surface area contributed by atoms with Crippen LogP contribution in [0.2, 0.25) is 0 Å². The van der Waals surface area contributed by atoms with E-state index in [1.165, 1.54) is 0 Å². The van der Waals surface area contributed by atoms with Crippen LogP contribution >= 0.6 is 0 Å². The summed E-state index contributed by atoms with van der Waals surface area (Å²) in [6.45, 7) is 7.56. The fourth-order valence-corrected chi connectivity index (χ4v) is 2.79. The Balaban J connectivity index is 1.64. The quantitative estimate of drug-likeness (QED) is 0.895. The average molecular weight is 333 g/mol. The maximum absolute atomic E-state index is 12.7. The van der Waals surface area contributed by atoms with E-state index in [9.17, 15) is 4.79 Å². The summed E-state index contributed by atoms with van der Waals surface area (Å²) in [5.41, 5.74) is 1.96. The number of nitrogens with zero attached hydrogens (tertiary/aromatic N) is 4. The van der Waals surface area contributed by atoms with Crippen LogP contribution in [0, 0.1) is 6.92 Å². The lowest BCUT2D eigenvalue weighted by Crippen LogP contribution is -2.43. The summed E-state index contributed by atoms with van der Waals surface area (Å²) in [6.07, 6.45) is 2.55. The first-order chi connectivity index (χ1) is 11.6. The molecule has 0 aliphatic carbocycles. The van der Waals surface area contributed by atoms with Crippen molar-refractivity contribution in [2.45, 2.75) is 45.6 Å². The van der Waals surface area contributed by atoms with Gasteiger partial charge in [0, 0.05) is 25.3 Å². The van der Waals surface area contributed by atoms with Crippen molar-refractivity contribution in [2.24, 2.45) is 0 Å². The molecule has 2 aromatic rings. The number of H-pyrrole nitrogens is 1. The maximum atomic E-state index is 12.7. The topological polar surface area (TPSA) is 97.1 Å². The lowest BCUT2D eigenvalue weighted by molar-refractivity contribution is -0.140. The number of aryl methyl sites for hydroxylation is 2. The molecule has 1 aliphatic heterocycles. The molecule has 130 valence electrons. The van der Waals surface area contributed by atoms with Crippen LogP contribution in [0.4, 0.5) is 0 Å². The molecule has 1 fully saturated rings. The van der Waals surface area contributed by atoms with Gasteiger partial charge in [-0.25, -0.2) is 0 Å². The molecule has 0 bridgehead atoms. The van der Waals surface area contributed by atoms with Crippen LogP contribution in [0.5, 0.6) is 0 Å². The Kier molecular flexibility index (Phi) is 4.94. The van der Waals surface area contributed by atoms with Crippen molar-refractivity contribution >= 4 is 5.91 Å². The van der Waals surface area contributed by atoms with Crippen LogP contribution in [0.15, 0.2) is 10.6 Å². The molecule has 8 nitrogen and oxygen atoms in total. The lowest BCUT2D eigenvalue weighted by Gasteiger charge is -2.35. The third kappa shape index (κ3) is 3.48. The largest absolute Gasteiger partial charge is 0.425 e. The fraction of sp³-hybridized carbons (Fsp3) is 0.625. The Morgan fingerprint density at radius 3 is 2.96 bits per heavy atom. The molecule has 1 amide bonds. The highest BCUT2D eigenvalue weighted by molar-refractivity contribution is 5.77. The molecule has 1 N–H and O–H groups in total. The van der Waals surface area contributed by atoms with Gasteiger partial charge in [0.1, 0.15) is 0 Å². The number of aromatic nitrogens is 4. The Labute approximate surface area is 140 Å². The van der Waals surface area contributed by atoms with E-state index in [1.54, 1.807) is 6.20 Å². The minimum atomic E-state index is -0.123. The van der Waals surface area contributed by atoms with Gasteiger partial charge in [-0.15, -0.1) is 10.2 Å². The maximum Gasteiger partial charge on any atom is 0.223 e. The van der Waals surface area contributed by atoms with Gasteiger partial charge in [0.15, 0.2) is 0 Å². The van der Waals surface area contributed by atoms with Crippen LogP contribution in [-0.2, 0) is 16.0 Å². The highest BCUT2D eigenvalue weighted by atomic mass is 16.5. The Morgan fingerprint density at radius 2 is 2.29 bits per heavy atom. The van der Waals surface area contributed by atoms with Crippen LogP contribution in [0.3, 0.4) is 0 Å². The number of nitrogens with one attached hydrogen (secondary N) is 1. The number of aromatic amines is 1.